The molecule has 0 saturated heterocycles. The molecule has 1 N–H and O–H groups in total. The Morgan fingerprint density at radius 1 is 1.39 bits per heavy atom. The number of aliphatic hydroxyl groups excluding tert-OH is 1. The third-order valence-electron chi connectivity index (χ3n) is 2.85. The van der Waals surface area contributed by atoms with Gasteiger partial charge >= 0.3 is 0 Å². The van der Waals surface area contributed by atoms with E-state index in [1.54, 1.807) is 19.1 Å². The first-order chi connectivity index (χ1) is 8.56. The molecule has 5 heteroatoms. The highest BCUT2D eigenvalue weighted by Gasteiger charge is 2.18. The predicted octanol–water partition coefficient (Wildman–Crippen LogP) is 2.28. The molecule has 2 rings (SSSR count). The molecule has 2 aromatic rings. The Kier molecular flexibility index (Phi) is 3.72. The lowest BCUT2D eigenvalue weighted by Gasteiger charge is -2.07. The van der Waals surface area contributed by atoms with Crippen LogP contribution in [0.3, 0.4) is 0 Å². The largest absolute Gasteiger partial charge is 0.393 e. The number of hydrogen-bond acceptors (Lipinski definition) is 4. The molecule has 4 nitrogen and oxygen atoms in total. The molecule has 2 atom stereocenters. The summed E-state index contributed by atoms with van der Waals surface area (Å²) in [5, 5.41) is 13.3. The molecule has 0 bridgehead atoms. The highest BCUT2D eigenvalue weighted by molar-refractivity contribution is 5.19. The Labute approximate surface area is 104 Å². The first-order valence-corrected chi connectivity index (χ1v) is 5.81. The van der Waals surface area contributed by atoms with Gasteiger partial charge in [-0.15, -0.1) is 0 Å². The lowest BCUT2D eigenvalue weighted by molar-refractivity contribution is 0.151. The highest BCUT2D eigenvalue weighted by Crippen LogP contribution is 2.18. The van der Waals surface area contributed by atoms with Gasteiger partial charge in [-0.25, -0.2) is 4.39 Å². The predicted molar refractivity (Wildman–Crippen MR) is 63.6 cm³/mol. The average Bonchev–Trinajstić information content (AvgIpc) is 2.76. The van der Waals surface area contributed by atoms with Gasteiger partial charge in [0, 0.05) is 6.42 Å². The highest BCUT2D eigenvalue weighted by atomic mass is 19.1. The average molecular weight is 250 g/mol. The molecule has 0 saturated carbocycles. The second kappa shape index (κ2) is 5.27. The van der Waals surface area contributed by atoms with Gasteiger partial charge in [0.15, 0.2) is 5.82 Å². The molecule has 0 fully saturated rings. The van der Waals surface area contributed by atoms with Gasteiger partial charge in [-0.05, 0) is 24.6 Å². The molecule has 0 radical (unpaired) electrons. The van der Waals surface area contributed by atoms with Gasteiger partial charge in [0.05, 0.1) is 12.0 Å². The topological polar surface area (TPSA) is 59.2 Å². The lowest BCUT2D eigenvalue weighted by atomic mass is 10.1. The van der Waals surface area contributed by atoms with Gasteiger partial charge in [0.1, 0.15) is 5.82 Å². The third kappa shape index (κ3) is 2.92. The van der Waals surface area contributed by atoms with Crippen LogP contribution in [0.5, 0.6) is 0 Å². The second-order valence-electron chi connectivity index (χ2n) is 4.38. The van der Waals surface area contributed by atoms with Gasteiger partial charge in [-0.3, -0.25) is 0 Å². The van der Waals surface area contributed by atoms with Crippen molar-refractivity contribution in [2.75, 3.05) is 0 Å². The summed E-state index contributed by atoms with van der Waals surface area (Å²) in [5.41, 5.74) is 0.784. The van der Waals surface area contributed by atoms with Crippen LogP contribution < -0.4 is 0 Å². The standard InChI is InChI=1S/C13H15FN2O2/c1-8(9(2)17)13-15-12(16-18-13)7-10-4-3-5-11(14)6-10/h3-6,8-9,17H,7H2,1-2H3. The Hall–Kier alpha value is -1.75. The van der Waals surface area contributed by atoms with Crippen LogP contribution >= 0.6 is 0 Å². The van der Waals surface area contributed by atoms with Gasteiger partial charge in [0.25, 0.3) is 0 Å². The van der Waals surface area contributed by atoms with Crippen molar-refractivity contribution in [3.63, 3.8) is 0 Å². The van der Waals surface area contributed by atoms with Gasteiger partial charge in [0.2, 0.25) is 5.89 Å². The van der Waals surface area contributed by atoms with E-state index in [1.165, 1.54) is 12.1 Å². The fraction of sp³-hybridized carbons (Fsp3) is 0.385. The summed E-state index contributed by atoms with van der Waals surface area (Å²) in [7, 11) is 0. The van der Waals surface area contributed by atoms with Crippen LogP contribution in [-0.4, -0.2) is 21.4 Å². The molecule has 0 spiro atoms. The van der Waals surface area contributed by atoms with E-state index >= 15 is 0 Å². The van der Waals surface area contributed by atoms with Crippen molar-refractivity contribution in [1.29, 1.82) is 0 Å². The van der Waals surface area contributed by atoms with Crippen molar-refractivity contribution in [1.82, 2.24) is 10.1 Å². The quantitative estimate of drug-likeness (QED) is 0.904. The summed E-state index contributed by atoms with van der Waals surface area (Å²) in [6, 6.07) is 6.27. The number of halogens is 1. The summed E-state index contributed by atoms with van der Waals surface area (Å²) in [4.78, 5) is 4.20. The molecule has 0 aliphatic heterocycles. The molecule has 1 heterocycles. The van der Waals surface area contributed by atoms with Crippen LogP contribution in [0.2, 0.25) is 0 Å². The van der Waals surface area contributed by atoms with Crippen molar-refractivity contribution in [3.05, 3.63) is 47.4 Å². The van der Waals surface area contributed by atoms with Crippen molar-refractivity contribution in [2.45, 2.75) is 32.3 Å². The third-order valence-corrected chi connectivity index (χ3v) is 2.85. The minimum absolute atomic E-state index is 0.209. The maximum absolute atomic E-state index is 13.0. The first kappa shape index (κ1) is 12.7. The van der Waals surface area contributed by atoms with Crippen LogP contribution in [0.25, 0.3) is 0 Å². The van der Waals surface area contributed by atoms with E-state index in [2.05, 4.69) is 10.1 Å². The summed E-state index contributed by atoms with van der Waals surface area (Å²) >= 11 is 0. The number of aliphatic hydroxyl groups is 1. The second-order valence-corrected chi connectivity index (χ2v) is 4.38. The molecule has 0 aliphatic carbocycles. The van der Waals surface area contributed by atoms with Crippen molar-refractivity contribution in [3.8, 4) is 0 Å². The Balaban J connectivity index is 2.11. The summed E-state index contributed by atoms with van der Waals surface area (Å²) < 4.78 is 18.1. The maximum atomic E-state index is 13.0. The fourth-order valence-electron chi connectivity index (χ4n) is 1.56. The normalized spacial score (nSPS) is 14.4. The van der Waals surface area contributed by atoms with E-state index in [9.17, 15) is 9.50 Å². The van der Waals surface area contributed by atoms with Crippen LogP contribution in [0.1, 0.15) is 37.0 Å². The van der Waals surface area contributed by atoms with Crippen LogP contribution in [0, 0.1) is 5.82 Å². The Morgan fingerprint density at radius 2 is 2.17 bits per heavy atom. The zero-order valence-electron chi connectivity index (χ0n) is 10.3. The molecule has 1 aromatic heterocycles. The summed E-state index contributed by atoms with van der Waals surface area (Å²) in [5.74, 6) is 0.395. The van der Waals surface area contributed by atoms with Crippen LogP contribution in [-0.2, 0) is 6.42 Å². The van der Waals surface area contributed by atoms with Crippen LogP contribution in [0.15, 0.2) is 28.8 Å². The van der Waals surface area contributed by atoms with Crippen molar-refractivity contribution >= 4 is 0 Å². The molecule has 2 unspecified atom stereocenters. The number of aromatic nitrogens is 2. The molecule has 18 heavy (non-hydrogen) atoms. The minimum Gasteiger partial charge on any atom is -0.393 e. The van der Waals surface area contributed by atoms with Crippen LogP contribution in [0.4, 0.5) is 4.39 Å². The zero-order valence-corrected chi connectivity index (χ0v) is 10.3. The molecule has 0 aliphatic rings. The molecular weight excluding hydrogens is 235 g/mol. The summed E-state index contributed by atoms with van der Waals surface area (Å²) in [6.07, 6.45) is -0.138. The number of hydrogen-bond donors (Lipinski definition) is 1. The van der Waals surface area contributed by atoms with E-state index in [1.807, 2.05) is 6.92 Å². The Morgan fingerprint density at radius 3 is 2.83 bits per heavy atom. The SMILES string of the molecule is CC(O)C(C)c1nc(Cc2cccc(F)c2)no1. The van der Waals surface area contributed by atoms with E-state index in [4.69, 9.17) is 4.52 Å². The number of nitrogens with zero attached hydrogens (tertiary/aromatic N) is 2. The molecule has 0 amide bonds. The van der Waals surface area contributed by atoms with E-state index < -0.39 is 6.10 Å². The molecule has 96 valence electrons. The first-order valence-electron chi connectivity index (χ1n) is 5.81. The minimum atomic E-state index is -0.549. The fourth-order valence-corrected chi connectivity index (χ4v) is 1.56. The molecular formula is C13H15FN2O2. The number of rotatable bonds is 4. The summed E-state index contributed by atoms with van der Waals surface area (Å²) in [6.45, 7) is 3.48. The van der Waals surface area contributed by atoms with Gasteiger partial charge < -0.3 is 9.63 Å². The molecule has 1 aromatic carbocycles. The van der Waals surface area contributed by atoms with E-state index in [0.717, 1.165) is 5.56 Å². The Bertz CT molecular complexity index is 525. The van der Waals surface area contributed by atoms with E-state index in [-0.39, 0.29) is 11.7 Å². The zero-order chi connectivity index (χ0) is 13.1. The smallest absolute Gasteiger partial charge is 0.232 e. The van der Waals surface area contributed by atoms with Crippen molar-refractivity contribution < 1.29 is 14.0 Å². The lowest BCUT2D eigenvalue weighted by Crippen LogP contribution is -2.11. The monoisotopic (exact) mass is 250 g/mol. The van der Waals surface area contributed by atoms with Gasteiger partial charge in [-0.1, -0.05) is 24.2 Å². The van der Waals surface area contributed by atoms with E-state index in [0.29, 0.717) is 18.1 Å². The number of benzene rings is 1. The maximum Gasteiger partial charge on any atom is 0.232 e. The van der Waals surface area contributed by atoms with Gasteiger partial charge in [-0.2, -0.15) is 4.98 Å². The van der Waals surface area contributed by atoms with Crippen molar-refractivity contribution in [2.24, 2.45) is 0 Å².